The second-order valence-electron chi connectivity index (χ2n) is 4.65. The number of nitrogens with zero attached hydrogens (tertiary/aromatic N) is 1. The Morgan fingerprint density at radius 2 is 1.88 bits per heavy atom. The molecule has 0 amide bonds. The number of hydrogen-bond donors (Lipinski definition) is 1. The fraction of sp³-hybridized carbons (Fsp3) is 0.571. The van der Waals surface area contributed by atoms with Crippen LogP contribution in [0.2, 0.25) is 0 Å². The van der Waals surface area contributed by atoms with Gasteiger partial charge >= 0.3 is 0 Å². The van der Waals surface area contributed by atoms with Crippen LogP contribution in [0.1, 0.15) is 25.0 Å². The highest BCUT2D eigenvalue weighted by Gasteiger charge is 2.07. The number of benzene rings is 1. The monoisotopic (exact) mass is 220 g/mol. The maximum atomic E-state index is 5.66. The van der Waals surface area contributed by atoms with E-state index in [1.165, 1.54) is 11.1 Å². The van der Waals surface area contributed by atoms with Crippen molar-refractivity contribution in [2.24, 2.45) is 11.7 Å². The van der Waals surface area contributed by atoms with E-state index >= 15 is 0 Å². The van der Waals surface area contributed by atoms with Gasteiger partial charge in [-0.2, -0.15) is 0 Å². The van der Waals surface area contributed by atoms with Crippen LogP contribution in [0.25, 0.3) is 0 Å². The standard InChI is InChI=1S/C14H24N2/c1-4-16(10-13(3)9-15)11-14-7-5-12(2)6-8-14/h5-8,13H,4,9-11,15H2,1-3H3. The lowest BCUT2D eigenvalue weighted by Crippen LogP contribution is -2.31. The van der Waals surface area contributed by atoms with E-state index in [2.05, 4.69) is 49.9 Å². The summed E-state index contributed by atoms with van der Waals surface area (Å²) >= 11 is 0. The lowest BCUT2D eigenvalue weighted by atomic mass is 10.1. The van der Waals surface area contributed by atoms with Gasteiger partial charge in [-0.3, -0.25) is 4.90 Å². The van der Waals surface area contributed by atoms with Gasteiger partial charge < -0.3 is 5.73 Å². The molecule has 90 valence electrons. The van der Waals surface area contributed by atoms with E-state index in [0.717, 1.165) is 26.2 Å². The van der Waals surface area contributed by atoms with Gasteiger partial charge in [0.15, 0.2) is 0 Å². The molecule has 0 aliphatic rings. The SMILES string of the molecule is CCN(Cc1ccc(C)cc1)CC(C)CN. The van der Waals surface area contributed by atoms with E-state index in [-0.39, 0.29) is 0 Å². The molecule has 1 atom stereocenters. The molecule has 0 saturated carbocycles. The fourth-order valence-electron chi connectivity index (χ4n) is 1.77. The van der Waals surface area contributed by atoms with Gasteiger partial charge in [0.2, 0.25) is 0 Å². The summed E-state index contributed by atoms with van der Waals surface area (Å²) < 4.78 is 0. The highest BCUT2D eigenvalue weighted by Crippen LogP contribution is 2.08. The predicted octanol–water partition coefficient (Wildman–Crippen LogP) is 2.41. The molecule has 2 N–H and O–H groups in total. The summed E-state index contributed by atoms with van der Waals surface area (Å²) in [4.78, 5) is 2.45. The normalized spacial score (nSPS) is 13.1. The predicted molar refractivity (Wildman–Crippen MR) is 70.3 cm³/mol. The van der Waals surface area contributed by atoms with Gasteiger partial charge in [0.25, 0.3) is 0 Å². The first-order valence-electron chi connectivity index (χ1n) is 6.13. The zero-order valence-electron chi connectivity index (χ0n) is 10.7. The van der Waals surface area contributed by atoms with Crippen LogP contribution in [0.15, 0.2) is 24.3 Å². The van der Waals surface area contributed by atoms with Crippen LogP contribution in [0.4, 0.5) is 0 Å². The van der Waals surface area contributed by atoms with Gasteiger partial charge in [-0.05, 0) is 31.5 Å². The number of nitrogens with two attached hydrogens (primary N) is 1. The lowest BCUT2D eigenvalue weighted by molar-refractivity contribution is 0.243. The van der Waals surface area contributed by atoms with E-state index < -0.39 is 0 Å². The largest absolute Gasteiger partial charge is 0.330 e. The van der Waals surface area contributed by atoms with Gasteiger partial charge in [0.1, 0.15) is 0 Å². The van der Waals surface area contributed by atoms with Gasteiger partial charge in [-0.25, -0.2) is 0 Å². The van der Waals surface area contributed by atoms with Crippen molar-refractivity contribution in [1.82, 2.24) is 4.90 Å². The molecule has 16 heavy (non-hydrogen) atoms. The first-order valence-corrected chi connectivity index (χ1v) is 6.13. The molecule has 1 unspecified atom stereocenters. The Balaban J connectivity index is 2.52. The van der Waals surface area contributed by atoms with E-state index in [9.17, 15) is 0 Å². The van der Waals surface area contributed by atoms with Crippen LogP contribution >= 0.6 is 0 Å². The Morgan fingerprint density at radius 1 is 1.25 bits per heavy atom. The van der Waals surface area contributed by atoms with Crippen LogP contribution in [0.3, 0.4) is 0 Å². The van der Waals surface area contributed by atoms with Crippen LogP contribution < -0.4 is 5.73 Å². The third-order valence-corrected chi connectivity index (χ3v) is 2.95. The van der Waals surface area contributed by atoms with Crippen molar-refractivity contribution >= 4 is 0 Å². The number of rotatable bonds is 6. The van der Waals surface area contributed by atoms with Crippen LogP contribution in [-0.2, 0) is 6.54 Å². The third kappa shape index (κ3) is 4.33. The average Bonchev–Trinajstić information content (AvgIpc) is 2.30. The first kappa shape index (κ1) is 13.2. The van der Waals surface area contributed by atoms with Gasteiger partial charge in [0, 0.05) is 13.1 Å². The quantitative estimate of drug-likeness (QED) is 0.797. The van der Waals surface area contributed by atoms with Crippen molar-refractivity contribution in [2.75, 3.05) is 19.6 Å². The summed E-state index contributed by atoms with van der Waals surface area (Å²) in [6.07, 6.45) is 0. The molecule has 0 bridgehead atoms. The Labute approximate surface area is 99.5 Å². The van der Waals surface area contributed by atoms with Crippen molar-refractivity contribution in [3.8, 4) is 0 Å². The van der Waals surface area contributed by atoms with Gasteiger partial charge in [-0.15, -0.1) is 0 Å². The van der Waals surface area contributed by atoms with E-state index in [1.807, 2.05) is 0 Å². The molecule has 0 aliphatic carbocycles. The van der Waals surface area contributed by atoms with Crippen LogP contribution in [0, 0.1) is 12.8 Å². The summed E-state index contributed by atoms with van der Waals surface area (Å²) in [5.41, 5.74) is 8.37. The fourth-order valence-corrected chi connectivity index (χ4v) is 1.77. The molecule has 0 heterocycles. The molecule has 0 spiro atoms. The minimum atomic E-state index is 0.574. The Kier molecular flexibility index (Phi) is 5.50. The molecule has 1 aromatic rings. The van der Waals surface area contributed by atoms with Crippen molar-refractivity contribution in [1.29, 1.82) is 0 Å². The van der Waals surface area contributed by atoms with Gasteiger partial charge in [0.05, 0.1) is 0 Å². The molecule has 1 rings (SSSR count). The van der Waals surface area contributed by atoms with E-state index in [0.29, 0.717) is 5.92 Å². The van der Waals surface area contributed by atoms with E-state index in [4.69, 9.17) is 5.73 Å². The smallest absolute Gasteiger partial charge is 0.0233 e. The Bertz CT molecular complexity index is 292. The molecule has 1 aromatic carbocycles. The van der Waals surface area contributed by atoms with Crippen LogP contribution in [0.5, 0.6) is 0 Å². The lowest BCUT2D eigenvalue weighted by Gasteiger charge is -2.23. The molecular formula is C14H24N2. The first-order chi connectivity index (χ1) is 7.65. The molecule has 0 radical (unpaired) electrons. The molecule has 2 heteroatoms. The maximum Gasteiger partial charge on any atom is 0.0233 e. The molecule has 0 aromatic heterocycles. The molecular weight excluding hydrogens is 196 g/mol. The van der Waals surface area contributed by atoms with Crippen molar-refractivity contribution in [3.05, 3.63) is 35.4 Å². The highest BCUT2D eigenvalue weighted by molar-refractivity contribution is 5.21. The van der Waals surface area contributed by atoms with E-state index in [1.54, 1.807) is 0 Å². The van der Waals surface area contributed by atoms with Gasteiger partial charge in [-0.1, -0.05) is 43.7 Å². The number of aryl methyl sites for hydroxylation is 1. The third-order valence-electron chi connectivity index (χ3n) is 2.95. The topological polar surface area (TPSA) is 29.3 Å². The highest BCUT2D eigenvalue weighted by atomic mass is 15.1. The number of hydrogen-bond acceptors (Lipinski definition) is 2. The second-order valence-corrected chi connectivity index (χ2v) is 4.65. The van der Waals surface area contributed by atoms with Crippen molar-refractivity contribution in [2.45, 2.75) is 27.3 Å². The second kappa shape index (κ2) is 6.66. The molecule has 0 aliphatic heterocycles. The minimum absolute atomic E-state index is 0.574. The van der Waals surface area contributed by atoms with Crippen LogP contribution in [-0.4, -0.2) is 24.5 Å². The summed E-state index contributed by atoms with van der Waals surface area (Å²) in [6.45, 7) is 10.5. The zero-order valence-corrected chi connectivity index (χ0v) is 10.7. The molecule has 0 fully saturated rings. The maximum absolute atomic E-state index is 5.66. The van der Waals surface area contributed by atoms with Crippen molar-refractivity contribution < 1.29 is 0 Å². The van der Waals surface area contributed by atoms with Crippen molar-refractivity contribution in [3.63, 3.8) is 0 Å². The summed E-state index contributed by atoms with van der Waals surface area (Å²) in [6, 6.07) is 8.78. The Morgan fingerprint density at radius 3 is 2.38 bits per heavy atom. The molecule has 2 nitrogen and oxygen atoms in total. The Hall–Kier alpha value is -0.860. The summed E-state index contributed by atoms with van der Waals surface area (Å²) in [5.74, 6) is 0.574. The molecule has 0 saturated heterocycles. The average molecular weight is 220 g/mol. The zero-order chi connectivity index (χ0) is 12.0. The minimum Gasteiger partial charge on any atom is -0.330 e. The summed E-state index contributed by atoms with van der Waals surface area (Å²) in [5, 5.41) is 0. The summed E-state index contributed by atoms with van der Waals surface area (Å²) in [7, 11) is 0.